The molecule has 1 atom stereocenters. The van der Waals surface area contributed by atoms with Crippen LogP contribution in [-0.2, 0) is 20.9 Å². The van der Waals surface area contributed by atoms with Crippen molar-refractivity contribution in [3.05, 3.63) is 156 Å². The van der Waals surface area contributed by atoms with E-state index >= 15 is 0 Å². The number of rotatable bonds is 10. The minimum absolute atomic E-state index is 0.168. The Morgan fingerprint density at radius 3 is 2.18 bits per heavy atom. The third-order valence-electron chi connectivity index (χ3n) is 7.73. The molecule has 6 rings (SSSR count). The quantitative estimate of drug-likeness (QED) is 0.106. The summed E-state index contributed by atoms with van der Waals surface area (Å²) in [5.41, 5.74) is 4.10. The van der Waals surface area contributed by atoms with Crippen molar-refractivity contribution in [2.75, 3.05) is 13.2 Å². The van der Waals surface area contributed by atoms with Gasteiger partial charge in [-0.25, -0.2) is 14.6 Å². The number of esters is 2. The average molecular weight is 931 g/mol. The molecule has 0 saturated heterocycles. The Morgan fingerprint density at radius 2 is 1.54 bits per heavy atom. The summed E-state index contributed by atoms with van der Waals surface area (Å²) < 4.78 is 20.6. The van der Waals surface area contributed by atoms with Crippen molar-refractivity contribution in [1.29, 1.82) is 0 Å². The van der Waals surface area contributed by atoms with Gasteiger partial charge < -0.3 is 14.2 Å². The van der Waals surface area contributed by atoms with E-state index in [4.69, 9.17) is 30.8 Å². The lowest BCUT2D eigenvalue weighted by molar-refractivity contribution is -0.138. The Morgan fingerprint density at radius 1 is 0.900 bits per heavy atom. The van der Waals surface area contributed by atoms with Gasteiger partial charge >= 0.3 is 11.9 Å². The Labute approximate surface area is 324 Å². The molecule has 5 aromatic rings. The summed E-state index contributed by atoms with van der Waals surface area (Å²) in [4.78, 5) is 45.3. The van der Waals surface area contributed by atoms with Crippen molar-refractivity contribution in [3.63, 3.8) is 0 Å². The van der Waals surface area contributed by atoms with E-state index in [0.717, 1.165) is 23.8 Å². The highest BCUT2D eigenvalue weighted by Crippen LogP contribution is 2.36. The van der Waals surface area contributed by atoms with E-state index < -0.39 is 12.0 Å². The molecular formula is C38H29ClI2N2O6S. The minimum Gasteiger partial charge on any atom is -0.487 e. The Hall–Kier alpha value is -3.79. The zero-order valence-corrected chi connectivity index (χ0v) is 32.7. The van der Waals surface area contributed by atoms with Gasteiger partial charge in [-0.3, -0.25) is 9.36 Å². The van der Waals surface area contributed by atoms with Crippen molar-refractivity contribution in [1.82, 2.24) is 4.57 Å². The number of fused-ring (bicyclic) bond motifs is 1. The van der Waals surface area contributed by atoms with Gasteiger partial charge in [-0.15, -0.1) is 0 Å². The van der Waals surface area contributed by atoms with E-state index in [1.165, 1.54) is 11.3 Å². The number of benzene rings is 4. The molecular weight excluding hydrogens is 902 g/mol. The first kappa shape index (κ1) is 36.0. The maximum atomic E-state index is 14.3. The molecule has 0 fully saturated rings. The molecule has 1 aliphatic rings. The molecule has 0 aliphatic carbocycles. The number of nitrogens with zero attached hydrogens (tertiary/aromatic N) is 2. The summed E-state index contributed by atoms with van der Waals surface area (Å²) in [7, 11) is 0. The predicted molar refractivity (Wildman–Crippen MR) is 211 cm³/mol. The van der Waals surface area contributed by atoms with Gasteiger partial charge in [0.2, 0.25) is 0 Å². The van der Waals surface area contributed by atoms with Gasteiger partial charge in [-0.1, -0.05) is 77.5 Å². The lowest BCUT2D eigenvalue weighted by atomic mass is 9.93. The number of halogens is 3. The van der Waals surface area contributed by atoms with Crippen molar-refractivity contribution in [2.45, 2.75) is 26.5 Å². The summed E-state index contributed by atoms with van der Waals surface area (Å²) in [6.07, 6.45) is 1.83. The number of carbonyl (C=O) groups is 2. The number of aromatic nitrogens is 1. The molecule has 1 aliphatic heterocycles. The van der Waals surface area contributed by atoms with E-state index in [-0.39, 0.29) is 23.7 Å². The fraction of sp³-hybridized carbons (Fsp3) is 0.158. The van der Waals surface area contributed by atoms with Crippen LogP contribution in [0.5, 0.6) is 5.75 Å². The van der Waals surface area contributed by atoms with E-state index in [1.807, 2.05) is 72.8 Å². The maximum absolute atomic E-state index is 14.3. The molecule has 254 valence electrons. The van der Waals surface area contributed by atoms with Gasteiger partial charge in [0.25, 0.3) is 5.56 Å². The number of hydrogen-bond acceptors (Lipinski definition) is 8. The van der Waals surface area contributed by atoms with Gasteiger partial charge in [0.1, 0.15) is 12.4 Å². The predicted octanol–water partition coefficient (Wildman–Crippen LogP) is 7.55. The first-order valence-electron chi connectivity index (χ1n) is 15.6. The Bertz CT molecular complexity index is 2260. The molecule has 0 bridgehead atoms. The number of carbonyl (C=O) groups excluding carboxylic acids is 2. The monoisotopic (exact) mass is 930 g/mol. The van der Waals surface area contributed by atoms with E-state index in [1.54, 1.807) is 42.7 Å². The fourth-order valence-corrected chi connectivity index (χ4v) is 8.71. The molecule has 8 nitrogen and oxygen atoms in total. The zero-order valence-electron chi connectivity index (χ0n) is 26.8. The van der Waals surface area contributed by atoms with Crippen molar-refractivity contribution in [3.8, 4) is 5.75 Å². The molecule has 0 spiro atoms. The van der Waals surface area contributed by atoms with Crippen molar-refractivity contribution in [2.24, 2.45) is 4.99 Å². The third-order valence-corrected chi connectivity index (χ3v) is 10.6. The van der Waals surface area contributed by atoms with Crippen LogP contribution >= 0.6 is 68.1 Å². The van der Waals surface area contributed by atoms with Gasteiger partial charge in [0.05, 0.1) is 47.8 Å². The van der Waals surface area contributed by atoms with Crippen LogP contribution in [0.15, 0.2) is 106 Å². The first-order chi connectivity index (χ1) is 24.2. The fourth-order valence-electron chi connectivity index (χ4n) is 5.46. The van der Waals surface area contributed by atoms with Crippen molar-refractivity contribution < 1.29 is 23.8 Å². The highest BCUT2D eigenvalue weighted by atomic mass is 127. The second kappa shape index (κ2) is 16.0. The molecule has 50 heavy (non-hydrogen) atoms. The molecule has 0 N–H and O–H groups in total. The van der Waals surface area contributed by atoms with E-state index in [0.29, 0.717) is 50.1 Å². The number of hydrogen-bond donors (Lipinski definition) is 0. The molecule has 12 heteroatoms. The first-order valence-corrected chi connectivity index (χ1v) is 19.0. The largest absolute Gasteiger partial charge is 0.487 e. The van der Waals surface area contributed by atoms with Crippen LogP contribution in [0.1, 0.15) is 52.5 Å². The molecule has 0 amide bonds. The van der Waals surface area contributed by atoms with Gasteiger partial charge in [-0.2, -0.15) is 0 Å². The smallest absolute Gasteiger partial charge is 0.338 e. The highest BCUT2D eigenvalue weighted by Gasteiger charge is 2.35. The average Bonchev–Trinajstić information content (AvgIpc) is 3.42. The van der Waals surface area contributed by atoms with Crippen LogP contribution in [0.2, 0.25) is 5.02 Å². The molecule has 2 heterocycles. The topological polar surface area (TPSA) is 96.2 Å². The van der Waals surface area contributed by atoms with Gasteiger partial charge in [0, 0.05) is 10.6 Å². The van der Waals surface area contributed by atoms with Crippen molar-refractivity contribution >= 4 is 91.8 Å². The maximum Gasteiger partial charge on any atom is 0.338 e. The highest BCUT2D eigenvalue weighted by molar-refractivity contribution is 14.1. The lowest BCUT2D eigenvalue weighted by Gasteiger charge is -2.25. The second-order valence-corrected chi connectivity index (χ2v) is 14.8. The summed E-state index contributed by atoms with van der Waals surface area (Å²) in [5.74, 6) is -0.184. The Kier molecular flexibility index (Phi) is 11.6. The lowest BCUT2D eigenvalue weighted by Crippen LogP contribution is -2.40. The summed E-state index contributed by atoms with van der Waals surface area (Å²) >= 11 is 12.0. The SMILES string of the molecule is CCOC(=O)C1=C(c2ccccc2)N=c2s/c(=C\c3cc(I)c(OCc4ccc(C(=O)OCC)cc4)c(I)c3)c(=O)n2[C@H]1c1ccc(Cl)cc1. The van der Waals surface area contributed by atoms with Crippen LogP contribution < -0.4 is 19.6 Å². The summed E-state index contributed by atoms with van der Waals surface area (Å²) in [6.45, 7) is 4.32. The molecule has 4 aromatic carbocycles. The molecule has 1 aromatic heterocycles. The minimum atomic E-state index is -0.790. The van der Waals surface area contributed by atoms with Crippen LogP contribution in [0, 0.1) is 7.14 Å². The van der Waals surface area contributed by atoms with Gasteiger partial charge in [0.15, 0.2) is 4.80 Å². The normalized spacial score (nSPS) is 14.2. The van der Waals surface area contributed by atoms with Crippen LogP contribution in [0.3, 0.4) is 0 Å². The van der Waals surface area contributed by atoms with E-state index in [9.17, 15) is 14.4 Å². The molecule has 0 radical (unpaired) electrons. The number of ether oxygens (including phenoxy) is 3. The molecule has 0 unspecified atom stereocenters. The van der Waals surface area contributed by atoms with Gasteiger partial charge in [-0.05, 0) is 118 Å². The standard InChI is InChI=1S/C38H29ClI2N2O6S/c1-3-47-36(45)26-12-10-22(11-13-26)21-49-34-28(40)18-23(19-29(34)41)20-30-35(44)43-33(25-14-16-27(39)17-15-25)31(37(46)48-4-2)32(42-38(43)50-30)24-8-6-5-7-9-24/h5-20,33H,3-4,21H2,1-2H3/b30-20-/t33-/m0/s1. The van der Waals surface area contributed by atoms with Crippen LogP contribution in [0.25, 0.3) is 11.8 Å². The van der Waals surface area contributed by atoms with E-state index in [2.05, 4.69) is 45.2 Å². The third kappa shape index (κ3) is 7.75. The van der Waals surface area contributed by atoms with Crippen LogP contribution in [-0.4, -0.2) is 29.7 Å². The summed E-state index contributed by atoms with van der Waals surface area (Å²) in [5, 5.41) is 0.537. The summed E-state index contributed by atoms with van der Waals surface area (Å²) in [6, 6.07) is 26.8. The zero-order chi connectivity index (χ0) is 35.4. The number of thiazole rings is 1. The second-order valence-electron chi connectivity index (χ2n) is 11.0. The molecule has 0 saturated carbocycles. The Balaban J connectivity index is 1.39. The van der Waals surface area contributed by atoms with Crippen LogP contribution in [0.4, 0.5) is 0 Å².